The number of ether oxygens (including phenoxy) is 4. The molecule has 2 N–H and O–H groups in total. The van der Waals surface area contributed by atoms with Crippen molar-refractivity contribution in [3.05, 3.63) is 36.0 Å². The number of esters is 1. The number of amides is 1. The minimum absolute atomic E-state index is 0.0439. The summed E-state index contributed by atoms with van der Waals surface area (Å²) in [6.07, 6.45) is 9.70. The Morgan fingerprint density at radius 1 is 1.21 bits per heavy atom. The number of carbonyl (C=O) groups excluding carboxylic acids is 2. The lowest BCUT2D eigenvalue weighted by Crippen LogP contribution is -2.53. The summed E-state index contributed by atoms with van der Waals surface area (Å²) in [5.74, 6) is -0.278. The largest absolute Gasteiger partial charge is 0.458 e. The van der Waals surface area contributed by atoms with Crippen LogP contribution < -0.4 is 5.32 Å². The zero-order valence-corrected chi connectivity index (χ0v) is 25.2. The van der Waals surface area contributed by atoms with Crippen LogP contribution in [0, 0.1) is 11.3 Å². The highest BCUT2D eigenvalue weighted by molar-refractivity contribution is 5.88. The topological polar surface area (TPSA) is 107 Å². The number of hydrogen-bond acceptors (Lipinski definition) is 7. The standard InChI is InChI=1S/C31H49NO7/c1-19(11-14-25-27(34)31(18-36-31)17-30(8,9)39-25)10-13-24-20(2)16-23(22(4)38-24)32-26(33)15-12-21(3)37-28(35)29(5,6)7/h10-12,14-15,20-25,27,34H,13,16-18H2,1-9H3,(H,32,33)/b14-11+,15-12-,19-10+/t20-,21-,22+,23+,24-,25+,27+,31+/m0/s1. The zero-order valence-electron chi connectivity index (χ0n) is 25.2. The summed E-state index contributed by atoms with van der Waals surface area (Å²) in [6, 6.07) is -0.101. The molecule has 0 unspecified atom stereocenters. The Bertz CT molecular complexity index is 972. The molecule has 8 nitrogen and oxygen atoms in total. The first-order chi connectivity index (χ1) is 18.0. The van der Waals surface area contributed by atoms with Gasteiger partial charge in [0.15, 0.2) is 0 Å². The maximum absolute atomic E-state index is 12.5. The first-order valence-electron chi connectivity index (χ1n) is 14.2. The van der Waals surface area contributed by atoms with Gasteiger partial charge in [-0.15, -0.1) is 0 Å². The van der Waals surface area contributed by atoms with Gasteiger partial charge in [-0.3, -0.25) is 9.59 Å². The third kappa shape index (κ3) is 8.74. The molecule has 39 heavy (non-hydrogen) atoms. The number of aliphatic hydroxyl groups excluding tert-OH is 1. The SMILES string of the molecule is CC(/C=C/[C@H]1OC(C)(C)C[C@@]2(CO2)[C@@H]1O)=C\C[C@@H]1O[C@H](C)[C@H](NC(=O)/C=C\[C@H](C)OC(=O)C(C)(C)C)C[C@@H]1C. The summed E-state index contributed by atoms with van der Waals surface area (Å²) < 4.78 is 23.4. The molecular formula is C31H49NO7. The van der Waals surface area contributed by atoms with Crippen molar-refractivity contribution in [1.82, 2.24) is 5.32 Å². The van der Waals surface area contributed by atoms with Crippen LogP contribution in [0.5, 0.6) is 0 Å². The molecule has 3 rings (SSSR count). The molecule has 1 amide bonds. The van der Waals surface area contributed by atoms with E-state index in [0.717, 1.165) is 18.4 Å². The minimum Gasteiger partial charge on any atom is -0.458 e. The molecule has 0 saturated carbocycles. The van der Waals surface area contributed by atoms with Gasteiger partial charge >= 0.3 is 5.97 Å². The fourth-order valence-electron chi connectivity index (χ4n) is 5.28. The van der Waals surface area contributed by atoms with Crippen LogP contribution in [-0.4, -0.2) is 71.4 Å². The Kier molecular flexibility index (Phi) is 9.90. The van der Waals surface area contributed by atoms with E-state index in [1.165, 1.54) is 6.08 Å². The number of rotatable bonds is 8. The minimum atomic E-state index is -0.666. The number of allylic oxidation sites excluding steroid dienone is 2. The first kappa shape index (κ1) is 31.5. The van der Waals surface area contributed by atoms with Crippen molar-refractivity contribution in [3.63, 3.8) is 0 Å². The summed E-state index contributed by atoms with van der Waals surface area (Å²) in [6.45, 7) is 17.9. The molecule has 220 valence electrons. The van der Waals surface area contributed by atoms with Crippen molar-refractivity contribution < 1.29 is 33.6 Å². The predicted molar refractivity (Wildman–Crippen MR) is 150 cm³/mol. The van der Waals surface area contributed by atoms with Crippen molar-refractivity contribution in [2.75, 3.05) is 6.61 Å². The van der Waals surface area contributed by atoms with Gasteiger partial charge in [-0.05, 0) is 80.2 Å². The summed E-state index contributed by atoms with van der Waals surface area (Å²) in [4.78, 5) is 24.5. The first-order valence-corrected chi connectivity index (χ1v) is 14.2. The molecule has 0 aromatic heterocycles. The number of hydrogen-bond donors (Lipinski definition) is 2. The highest BCUT2D eigenvalue weighted by atomic mass is 16.6. The fraction of sp³-hybridized carbons (Fsp3) is 0.742. The van der Waals surface area contributed by atoms with Crippen LogP contribution >= 0.6 is 0 Å². The number of carbonyl (C=O) groups is 2. The summed E-state index contributed by atoms with van der Waals surface area (Å²) >= 11 is 0. The van der Waals surface area contributed by atoms with E-state index in [4.69, 9.17) is 18.9 Å². The second kappa shape index (κ2) is 12.2. The van der Waals surface area contributed by atoms with Gasteiger partial charge < -0.3 is 29.4 Å². The van der Waals surface area contributed by atoms with E-state index >= 15 is 0 Å². The Balaban J connectivity index is 1.47. The Morgan fingerprint density at radius 3 is 2.49 bits per heavy atom. The molecule has 3 saturated heterocycles. The quantitative estimate of drug-likeness (QED) is 0.201. The molecule has 0 bridgehead atoms. The molecule has 1 spiro atoms. The van der Waals surface area contributed by atoms with E-state index in [-0.39, 0.29) is 41.6 Å². The van der Waals surface area contributed by atoms with Gasteiger partial charge in [0.1, 0.15) is 23.9 Å². The summed E-state index contributed by atoms with van der Waals surface area (Å²) in [5.41, 5.74) is -0.322. The van der Waals surface area contributed by atoms with Crippen molar-refractivity contribution >= 4 is 11.9 Å². The van der Waals surface area contributed by atoms with Gasteiger partial charge in [-0.25, -0.2) is 0 Å². The molecule has 0 aliphatic carbocycles. The lowest BCUT2D eigenvalue weighted by Gasteiger charge is -2.41. The number of aliphatic hydroxyl groups is 1. The molecule has 3 fully saturated rings. The molecule has 0 radical (unpaired) electrons. The van der Waals surface area contributed by atoms with Crippen LogP contribution in [0.3, 0.4) is 0 Å². The zero-order chi connectivity index (χ0) is 29.2. The lowest BCUT2D eigenvalue weighted by atomic mass is 9.83. The molecule has 3 aliphatic heterocycles. The molecule has 3 aliphatic rings. The van der Waals surface area contributed by atoms with Gasteiger partial charge in [-0.2, -0.15) is 0 Å². The van der Waals surface area contributed by atoms with Gasteiger partial charge in [0, 0.05) is 12.5 Å². The van der Waals surface area contributed by atoms with Crippen LogP contribution in [0.1, 0.15) is 81.6 Å². The van der Waals surface area contributed by atoms with Crippen LogP contribution in [0.25, 0.3) is 0 Å². The van der Waals surface area contributed by atoms with Gasteiger partial charge in [0.2, 0.25) is 5.91 Å². The van der Waals surface area contributed by atoms with Crippen LogP contribution in [0.2, 0.25) is 0 Å². The normalized spacial score (nSPS) is 35.8. The van der Waals surface area contributed by atoms with Crippen molar-refractivity contribution in [2.45, 2.75) is 129 Å². The molecule has 0 aromatic rings. The maximum atomic E-state index is 12.5. The van der Waals surface area contributed by atoms with E-state index in [9.17, 15) is 14.7 Å². The van der Waals surface area contributed by atoms with Gasteiger partial charge in [0.25, 0.3) is 0 Å². The van der Waals surface area contributed by atoms with Crippen molar-refractivity contribution in [1.29, 1.82) is 0 Å². The molecule has 3 heterocycles. The smallest absolute Gasteiger partial charge is 0.311 e. The number of nitrogens with one attached hydrogen (secondary N) is 1. The fourth-order valence-corrected chi connectivity index (χ4v) is 5.28. The van der Waals surface area contributed by atoms with E-state index in [2.05, 4.69) is 18.3 Å². The lowest BCUT2D eigenvalue weighted by molar-refractivity contribution is -0.171. The summed E-state index contributed by atoms with van der Waals surface area (Å²) in [7, 11) is 0. The Morgan fingerprint density at radius 2 is 1.87 bits per heavy atom. The molecule has 0 aromatic carbocycles. The van der Waals surface area contributed by atoms with Gasteiger partial charge in [-0.1, -0.05) is 30.7 Å². The molecule has 8 atom stereocenters. The van der Waals surface area contributed by atoms with E-state index < -0.39 is 29.3 Å². The van der Waals surface area contributed by atoms with E-state index in [0.29, 0.717) is 13.0 Å². The monoisotopic (exact) mass is 547 g/mol. The molecule has 8 heteroatoms. The molecular weight excluding hydrogens is 498 g/mol. The highest BCUT2D eigenvalue weighted by Gasteiger charge is 2.60. The van der Waals surface area contributed by atoms with Crippen LogP contribution in [0.15, 0.2) is 36.0 Å². The Labute approximate surface area is 234 Å². The average Bonchev–Trinajstić information content (AvgIpc) is 3.59. The van der Waals surface area contributed by atoms with Crippen molar-refractivity contribution in [2.24, 2.45) is 11.3 Å². The van der Waals surface area contributed by atoms with Crippen LogP contribution in [-0.2, 0) is 28.5 Å². The third-order valence-corrected chi connectivity index (χ3v) is 7.73. The predicted octanol–water partition coefficient (Wildman–Crippen LogP) is 4.41. The second-order valence-electron chi connectivity index (χ2n) is 13.3. The summed E-state index contributed by atoms with van der Waals surface area (Å²) in [5, 5.41) is 13.8. The van der Waals surface area contributed by atoms with Crippen LogP contribution in [0.4, 0.5) is 0 Å². The Hall–Kier alpha value is -2.00. The van der Waals surface area contributed by atoms with E-state index in [1.54, 1.807) is 33.8 Å². The second-order valence-corrected chi connectivity index (χ2v) is 13.3. The maximum Gasteiger partial charge on any atom is 0.311 e. The number of epoxide rings is 1. The average molecular weight is 548 g/mol. The van der Waals surface area contributed by atoms with Crippen molar-refractivity contribution in [3.8, 4) is 0 Å². The van der Waals surface area contributed by atoms with Gasteiger partial charge in [0.05, 0.1) is 35.9 Å². The third-order valence-electron chi connectivity index (χ3n) is 7.73. The highest BCUT2D eigenvalue weighted by Crippen LogP contribution is 2.46. The van der Waals surface area contributed by atoms with E-state index in [1.807, 2.05) is 39.8 Å².